The first kappa shape index (κ1) is 63.4. The molecule has 0 spiro atoms. The maximum absolute atomic E-state index is 13.0. The summed E-state index contributed by atoms with van der Waals surface area (Å²) in [6, 6.07) is 0. The van der Waals surface area contributed by atoms with E-state index in [9.17, 15) is 34.5 Å². The molecule has 1 rings (SSSR count). The van der Waals surface area contributed by atoms with Crippen LogP contribution in [0.5, 0.6) is 0 Å². The quantitative estimate of drug-likeness (QED) is 0.0228. The van der Waals surface area contributed by atoms with Crippen molar-refractivity contribution >= 4 is 23.9 Å². The summed E-state index contributed by atoms with van der Waals surface area (Å²) in [7, 11) is 0. The number of carbonyl (C=O) groups is 4. The highest BCUT2D eigenvalue weighted by Crippen LogP contribution is 2.26. The molecule has 0 aromatic rings. The van der Waals surface area contributed by atoms with Crippen LogP contribution >= 0.6 is 0 Å². The van der Waals surface area contributed by atoms with Gasteiger partial charge >= 0.3 is 23.9 Å². The summed E-state index contributed by atoms with van der Waals surface area (Å²) in [5, 5.41) is 31.3. The summed E-state index contributed by atoms with van der Waals surface area (Å²) >= 11 is 0. The zero-order chi connectivity index (χ0) is 50.4. The van der Waals surface area contributed by atoms with E-state index in [4.69, 9.17) is 23.7 Å². The lowest BCUT2D eigenvalue weighted by atomic mass is 9.98. The number of carboxylic acid groups (broad SMARTS) is 1. The molecule has 6 atom stereocenters. The summed E-state index contributed by atoms with van der Waals surface area (Å²) in [4.78, 5) is 50.8. The Kier molecular flexibility index (Phi) is 41.9. The molecule has 0 radical (unpaired) electrons. The fourth-order valence-corrected chi connectivity index (χ4v) is 7.88. The van der Waals surface area contributed by atoms with Gasteiger partial charge in [-0.1, -0.05) is 184 Å². The maximum atomic E-state index is 13.0. The van der Waals surface area contributed by atoms with E-state index in [-0.39, 0.29) is 25.9 Å². The van der Waals surface area contributed by atoms with Crippen molar-refractivity contribution in [3.8, 4) is 0 Å². The van der Waals surface area contributed by atoms with Crippen LogP contribution < -0.4 is 0 Å². The van der Waals surface area contributed by atoms with Gasteiger partial charge in [0, 0.05) is 19.3 Å². The van der Waals surface area contributed by atoms with Crippen LogP contribution in [0.15, 0.2) is 60.8 Å². The molecule has 396 valence electrons. The molecule has 69 heavy (non-hydrogen) atoms. The van der Waals surface area contributed by atoms with Crippen molar-refractivity contribution in [3.63, 3.8) is 0 Å². The van der Waals surface area contributed by atoms with Gasteiger partial charge < -0.3 is 39.0 Å². The standard InChI is InChI=1S/C57H96O12/c1-4-7-10-13-16-19-21-23-25-27-29-32-34-37-40-43-49(58)65-46-48(67-50(59)44-41-38-35-31-18-15-12-9-6-3)47-66-57-55(53(62)52(61)54(69-57)56(63)64)68-51(60)45-42-39-36-33-30-28-26-24-22-20-17-14-11-8-5-2/h8,11,17,20,23-26,30,33,48,52-55,57,61-62H,4-7,9-10,12-16,18-19,21-22,27-29,31-32,34-47H2,1-3H3,(H,63,64)/b11-8-,20-17-,25-23-,26-24-,33-30-. The third-order valence-electron chi connectivity index (χ3n) is 12.1. The summed E-state index contributed by atoms with van der Waals surface area (Å²) in [6.07, 6.45) is 42.2. The molecule has 0 saturated carbocycles. The predicted octanol–water partition coefficient (Wildman–Crippen LogP) is 13.2. The molecule has 0 aromatic heterocycles. The summed E-state index contributed by atoms with van der Waals surface area (Å²) in [5.74, 6) is -3.18. The van der Waals surface area contributed by atoms with E-state index in [0.717, 1.165) is 89.9 Å². The van der Waals surface area contributed by atoms with E-state index >= 15 is 0 Å². The molecule has 12 heteroatoms. The zero-order valence-corrected chi connectivity index (χ0v) is 43.3. The monoisotopic (exact) mass is 973 g/mol. The zero-order valence-electron chi connectivity index (χ0n) is 43.3. The topological polar surface area (TPSA) is 175 Å². The average Bonchev–Trinajstić information content (AvgIpc) is 3.33. The van der Waals surface area contributed by atoms with Crippen molar-refractivity contribution in [1.29, 1.82) is 0 Å². The highest BCUT2D eigenvalue weighted by atomic mass is 16.7. The Morgan fingerprint density at radius 2 is 0.913 bits per heavy atom. The lowest BCUT2D eigenvalue weighted by Crippen LogP contribution is -2.61. The fraction of sp³-hybridized carbons (Fsp3) is 0.754. The number of hydrogen-bond acceptors (Lipinski definition) is 11. The molecule has 1 aliphatic rings. The summed E-state index contributed by atoms with van der Waals surface area (Å²) in [6.45, 7) is 5.80. The Bertz CT molecular complexity index is 1440. The molecule has 0 aliphatic carbocycles. The molecular weight excluding hydrogens is 877 g/mol. The molecule has 1 aliphatic heterocycles. The van der Waals surface area contributed by atoms with Gasteiger partial charge in [0.2, 0.25) is 0 Å². The average molecular weight is 973 g/mol. The van der Waals surface area contributed by atoms with Crippen molar-refractivity contribution in [2.75, 3.05) is 13.2 Å². The second kappa shape index (κ2) is 45.6. The lowest BCUT2D eigenvalue weighted by molar-refractivity contribution is -0.301. The SMILES string of the molecule is CC/C=C\C/C=C\C/C=C\C/C=C\CCCCC(=O)OC1C(OCC(COC(=O)CCCCCCC/C=C\CCCCCCCC)OC(=O)CCCCCCCCCCC)OC(C(=O)O)C(O)C1O. The van der Waals surface area contributed by atoms with Crippen LogP contribution in [0.2, 0.25) is 0 Å². The minimum Gasteiger partial charge on any atom is -0.479 e. The Morgan fingerprint density at radius 3 is 1.43 bits per heavy atom. The molecule has 6 unspecified atom stereocenters. The van der Waals surface area contributed by atoms with Gasteiger partial charge in [-0.05, 0) is 83.5 Å². The molecular formula is C57H96O12. The van der Waals surface area contributed by atoms with Crippen molar-refractivity contribution in [1.82, 2.24) is 0 Å². The van der Waals surface area contributed by atoms with Gasteiger partial charge in [-0.2, -0.15) is 0 Å². The Labute approximate surface area is 417 Å². The van der Waals surface area contributed by atoms with Crippen LogP contribution in [0, 0.1) is 0 Å². The van der Waals surface area contributed by atoms with E-state index in [0.29, 0.717) is 25.7 Å². The van der Waals surface area contributed by atoms with Crippen LogP contribution in [0.1, 0.15) is 226 Å². The first-order valence-corrected chi connectivity index (χ1v) is 27.3. The minimum atomic E-state index is -1.92. The van der Waals surface area contributed by atoms with E-state index < -0.39 is 67.3 Å². The largest absolute Gasteiger partial charge is 0.479 e. The second-order valence-corrected chi connectivity index (χ2v) is 18.5. The van der Waals surface area contributed by atoms with E-state index in [1.165, 1.54) is 70.6 Å². The summed E-state index contributed by atoms with van der Waals surface area (Å²) in [5.41, 5.74) is 0. The lowest BCUT2D eigenvalue weighted by Gasteiger charge is -2.40. The number of ether oxygens (including phenoxy) is 5. The van der Waals surface area contributed by atoms with Crippen molar-refractivity contribution in [2.45, 2.75) is 263 Å². The Hall–Kier alpha value is -3.58. The number of unbranched alkanes of at least 4 members (excludes halogenated alkanes) is 21. The summed E-state index contributed by atoms with van der Waals surface area (Å²) < 4.78 is 28.2. The van der Waals surface area contributed by atoms with Crippen molar-refractivity contribution in [2.24, 2.45) is 0 Å². The number of carbonyl (C=O) groups excluding carboxylic acids is 3. The van der Waals surface area contributed by atoms with Crippen LogP contribution in [-0.4, -0.2) is 89.2 Å². The van der Waals surface area contributed by atoms with Gasteiger partial charge in [-0.3, -0.25) is 14.4 Å². The van der Waals surface area contributed by atoms with Gasteiger partial charge in [0.1, 0.15) is 18.8 Å². The molecule has 1 saturated heterocycles. The fourth-order valence-electron chi connectivity index (χ4n) is 7.88. The van der Waals surface area contributed by atoms with Crippen LogP contribution in [0.3, 0.4) is 0 Å². The van der Waals surface area contributed by atoms with Gasteiger partial charge in [0.05, 0.1) is 6.61 Å². The number of carboxylic acids is 1. The first-order valence-electron chi connectivity index (χ1n) is 27.3. The Balaban J connectivity index is 2.72. The second-order valence-electron chi connectivity index (χ2n) is 18.5. The highest BCUT2D eigenvalue weighted by Gasteiger charge is 2.50. The number of allylic oxidation sites excluding steroid dienone is 10. The van der Waals surface area contributed by atoms with E-state index in [1.807, 2.05) is 0 Å². The Morgan fingerprint density at radius 1 is 0.493 bits per heavy atom. The highest BCUT2D eigenvalue weighted by molar-refractivity contribution is 5.74. The number of rotatable bonds is 45. The number of aliphatic hydroxyl groups is 2. The van der Waals surface area contributed by atoms with Crippen molar-refractivity contribution in [3.05, 3.63) is 60.8 Å². The van der Waals surface area contributed by atoms with Gasteiger partial charge in [-0.15, -0.1) is 0 Å². The first-order chi connectivity index (χ1) is 33.6. The third kappa shape index (κ3) is 36.1. The van der Waals surface area contributed by atoms with Gasteiger partial charge in [0.25, 0.3) is 0 Å². The van der Waals surface area contributed by atoms with Crippen LogP contribution in [0.4, 0.5) is 0 Å². The molecule has 3 N–H and O–H groups in total. The van der Waals surface area contributed by atoms with Crippen LogP contribution in [-0.2, 0) is 42.9 Å². The molecule has 12 nitrogen and oxygen atoms in total. The number of hydrogen-bond donors (Lipinski definition) is 3. The number of esters is 3. The maximum Gasteiger partial charge on any atom is 0.335 e. The van der Waals surface area contributed by atoms with Gasteiger partial charge in [0.15, 0.2) is 24.6 Å². The third-order valence-corrected chi connectivity index (χ3v) is 12.1. The number of aliphatic hydroxyl groups excluding tert-OH is 2. The molecule has 0 amide bonds. The van der Waals surface area contributed by atoms with Crippen molar-refractivity contribution < 1.29 is 58.2 Å². The van der Waals surface area contributed by atoms with Gasteiger partial charge in [-0.25, -0.2) is 4.79 Å². The smallest absolute Gasteiger partial charge is 0.335 e. The van der Waals surface area contributed by atoms with E-state index in [2.05, 4.69) is 81.5 Å². The normalized spacial score (nSPS) is 19.1. The molecule has 0 bridgehead atoms. The predicted molar refractivity (Wildman–Crippen MR) is 275 cm³/mol. The molecule has 1 fully saturated rings. The molecule has 0 aromatic carbocycles. The number of aliphatic carboxylic acids is 1. The minimum absolute atomic E-state index is 0.00760. The molecule has 1 heterocycles. The van der Waals surface area contributed by atoms with Crippen LogP contribution in [0.25, 0.3) is 0 Å². The van der Waals surface area contributed by atoms with E-state index in [1.54, 1.807) is 0 Å².